The van der Waals surface area contributed by atoms with Crippen LogP contribution in [0.1, 0.15) is 12.5 Å². The van der Waals surface area contributed by atoms with E-state index < -0.39 is 0 Å². The molecule has 0 aliphatic rings. The average molecular weight is 388 g/mol. The largest absolute Gasteiger partial charge is 0.325 e. The molecular weight excluding hydrogens is 366 g/mol. The fourth-order valence-electron chi connectivity index (χ4n) is 3.04. The van der Waals surface area contributed by atoms with Crippen molar-refractivity contribution in [3.8, 4) is 0 Å². The first-order valence-corrected chi connectivity index (χ1v) is 10.1. The van der Waals surface area contributed by atoms with E-state index in [1.807, 2.05) is 67.7 Å². The van der Waals surface area contributed by atoms with E-state index in [9.17, 15) is 4.79 Å². The standard InChI is InChI=1S/C23H21N3OS/c1-17(22(27)25-21-12-11-19-9-5-6-10-20(19)15-21)28-23-24-13-14-26(23)16-18-7-3-2-4-8-18/h2-15,17H,16H2,1H3,(H,25,27). The van der Waals surface area contributed by atoms with E-state index in [0.29, 0.717) is 0 Å². The summed E-state index contributed by atoms with van der Waals surface area (Å²) >= 11 is 1.47. The molecule has 5 heteroatoms. The smallest absolute Gasteiger partial charge is 0.237 e. The number of hydrogen-bond acceptors (Lipinski definition) is 3. The summed E-state index contributed by atoms with van der Waals surface area (Å²) in [6.07, 6.45) is 3.72. The maximum atomic E-state index is 12.7. The van der Waals surface area contributed by atoms with Crippen LogP contribution in [0.3, 0.4) is 0 Å². The van der Waals surface area contributed by atoms with E-state index >= 15 is 0 Å². The predicted molar refractivity (Wildman–Crippen MR) is 116 cm³/mol. The highest BCUT2D eigenvalue weighted by Gasteiger charge is 2.17. The Kier molecular flexibility index (Phi) is 5.44. The number of imidazole rings is 1. The number of thioether (sulfide) groups is 1. The third kappa shape index (κ3) is 4.26. The average Bonchev–Trinajstić information content (AvgIpc) is 3.15. The zero-order valence-electron chi connectivity index (χ0n) is 15.6. The Hall–Kier alpha value is -3.05. The number of nitrogens with one attached hydrogen (secondary N) is 1. The molecule has 0 radical (unpaired) electrons. The molecule has 0 saturated carbocycles. The first kappa shape index (κ1) is 18.3. The number of hydrogen-bond donors (Lipinski definition) is 1. The Morgan fingerprint density at radius 1 is 1.04 bits per heavy atom. The normalized spacial score (nSPS) is 12.0. The minimum absolute atomic E-state index is 0.0328. The van der Waals surface area contributed by atoms with Crippen LogP contribution in [0.25, 0.3) is 10.8 Å². The second-order valence-corrected chi connectivity index (χ2v) is 7.94. The Balaban J connectivity index is 1.42. The van der Waals surface area contributed by atoms with Gasteiger partial charge in [-0.05, 0) is 35.4 Å². The summed E-state index contributed by atoms with van der Waals surface area (Å²) in [5.74, 6) is -0.0328. The van der Waals surface area contributed by atoms with Gasteiger partial charge in [0.1, 0.15) is 0 Å². The zero-order chi connectivity index (χ0) is 19.3. The number of carbonyl (C=O) groups excluding carboxylic acids is 1. The number of aromatic nitrogens is 2. The third-order valence-corrected chi connectivity index (χ3v) is 5.66. The lowest BCUT2D eigenvalue weighted by molar-refractivity contribution is -0.115. The minimum Gasteiger partial charge on any atom is -0.325 e. The number of benzene rings is 3. The molecular formula is C23H21N3OS. The summed E-state index contributed by atoms with van der Waals surface area (Å²) in [5.41, 5.74) is 2.01. The van der Waals surface area contributed by atoms with Crippen LogP contribution >= 0.6 is 11.8 Å². The Morgan fingerprint density at radius 2 is 1.79 bits per heavy atom. The lowest BCUT2D eigenvalue weighted by Gasteiger charge is -2.13. The van der Waals surface area contributed by atoms with Crippen LogP contribution in [0, 0.1) is 0 Å². The highest BCUT2D eigenvalue weighted by Crippen LogP contribution is 2.24. The van der Waals surface area contributed by atoms with Crippen LogP contribution in [0.15, 0.2) is 90.3 Å². The monoisotopic (exact) mass is 387 g/mol. The minimum atomic E-state index is -0.261. The van der Waals surface area contributed by atoms with Gasteiger partial charge in [-0.25, -0.2) is 4.98 Å². The van der Waals surface area contributed by atoms with Gasteiger partial charge < -0.3 is 9.88 Å². The molecule has 1 unspecified atom stereocenters. The van der Waals surface area contributed by atoms with Gasteiger partial charge in [-0.15, -0.1) is 0 Å². The van der Waals surface area contributed by atoms with Crippen LogP contribution in [-0.2, 0) is 11.3 Å². The summed E-state index contributed by atoms with van der Waals surface area (Å²) in [6, 6.07) is 24.3. The van der Waals surface area contributed by atoms with Crippen molar-refractivity contribution in [2.75, 3.05) is 5.32 Å². The molecule has 1 atom stereocenters. The zero-order valence-corrected chi connectivity index (χ0v) is 16.4. The molecule has 1 aromatic heterocycles. The number of rotatable bonds is 6. The Labute approximate surface area is 168 Å². The van der Waals surface area contributed by atoms with Gasteiger partial charge in [0.2, 0.25) is 5.91 Å². The van der Waals surface area contributed by atoms with Gasteiger partial charge in [0.25, 0.3) is 0 Å². The van der Waals surface area contributed by atoms with Gasteiger partial charge in [-0.3, -0.25) is 4.79 Å². The van der Waals surface area contributed by atoms with Crippen LogP contribution in [0.5, 0.6) is 0 Å². The molecule has 28 heavy (non-hydrogen) atoms. The van der Waals surface area contributed by atoms with Gasteiger partial charge >= 0.3 is 0 Å². The van der Waals surface area contributed by atoms with Gasteiger partial charge in [0.05, 0.1) is 5.25 Å². The van der Waals surface area contributed by atoms with E-state index in [0.717, 1.165) is 28.2 Å². The molecule has 0 spiro atoms. The molecule has 4 rings (SSSR count). The molecule has 4 aromatic rings. The fourth-order valence-corrected chi connectivity index (χ4v) is 3.90. The quantitative estimate of drug-likeness (QED) is 0.462. The first-order chi connectivity index (χ1) is 13.7. The number of nitrogens with zero attached hydrogens (tertiary/aromatic N) is 2. The van der Waals surface area contributed by atoms with Crippen LogP contribution in [-0.4, -0.2) is 20.7 Å². The third-order valence-electron chi connectivity index (χ3n) is 4.54. The van der Waals surface area contributed by atoms with Crippen LogP contribution < -0.4 is 5.32 Å². The van der Waals surface area contributed by atoms with E-state index in [-0.39, 0.29) is 11.2 Å². The van der Waals surface area contributed by atoms with Gasteiger partial charge in [-0.2, -0.15) is 0 Å². The number of carbonyl (C=O) groups is 1. The lowest BCUT2D eigenvalue weighted by atomic mass is 10.1. The fraction of sp³-hybridized carbons (Fsp3) is 0.130. The van der Waals surface area contributed by atoms with Gasteiger partial charge in [0, 0.05) is 24.6 Å². The summed E-state index contributed by atoms with van der Waals surface area (Å²) in [5, 5.41) is 5.86. The van der Waals surface area contributed by atoms with E-state index in [1.165, 1.54) is 17.3 Å². The second kappa shape index (κ2) is 8.31. The molecule has 0 fully saturated rings. The van der Waals surface area contributed by atoms with Crippen molar-refractivity contribution in [3.63, 3.8) is 0 Å². The molecule has 4 nitrogen and oxygen atoms in total. The van der Waals surface area contributed by atoms with E-state index in [1.54, 1.807) is 6.20 Å². The maximum Gasteiger partial charge on any atom is 0.237 e. The molecule has 1 amide bonds. The van der Waals surface area contributed by atoms with Crippen molar-refractivity contribution in [2.45, 2.75) is 23.9 Å². The predicted octanol–water partition coefficient (Wildman–Crippen LogP) is 5.20. The number of amides is 1. The SMILES string of the molecule is CC(Sc1nccn1Cc1ccccc1)C(=O)Nc1ccc2ccccc2c1. The van der Waals surface area contributed by atoms with Crippen LogP contribution in [0.4, 0.5) is 5.69 Å². The molecule has 0 saturated heterocycles. The second-order valence-electron chi connectivity index (χ2n) is 6.63. The van der Waals surface area contributed by atoms with Crippen molar-refractivity contribution in [1.29, 1.82) is 0 Å². The summed E-state index contributed by atoms with van der Waals surface area (Å²) in [7, 11) is 0. The van der Waals surface area contributed by atoms with Crippen molar-refractivity contribution >= 4 is 34.1 Å². The maximum absolute atomic E-state index is 12.7. The molecule has 140 valence electrons. The number of fused-ring (bicyclic) bond motifs is 1. The van der Waals surface area contributed by atoms with Gasteiger partial charge in [0.15, 0.2) is 5.16 Å². The molecule has 1 N–H and O–H groups in total. The molecule has 1 heterocycles. The highest BCUT2D eigenvalue weighted by atomic mass is 32.2. The topological polar surface area (TPSA) is 46.9 Å². The summed E-state index contributed by atoms with van der Waals surface area (Å²) in [6.45, 7) is 2.64. The number of anilines is 1. The van der Waals surface area contributed by atoms with Crippen LogP contribution in [0.2, 0.25) is 0 Å². The van der Waals surface area contributed by atoms with Crippen molar-refractivity contribution in [1.82, 2.24) is 9.55 Å². The first-order valence-electron chi connectivity index (χ1n) is 9.20. The van der Waals surface area contributed by atoms with E-state index in [2.05, 4.69) is 33.1 Å². The molecule has 0 aliphatic heterocycles. The molecule has 3 aromatic carbocycles. The Bertz CT molecular complexity index is 1090. The summed E-state index contributed by atoms with van der Waals surface area (Å²) < 4.78 is 2.07. The van der Waals surface area contributed by atoms with E-state index in [4.69, 9.17) is 0 Å². The lowest BCUT2D eigenvalue weighted by Crippen LogP contribution is -2.23. The van der Waals surface area contributed by atoms with Crippen molar-refractivity contribution < 1.29 is 4.79 Å². The molecule has 0 aliphatic carbocycles. The van der Waals surface area contributed by atoms with Gasteiger partial charge in [-0.1, -0.05) is 72.4 Å². The van der Waals surface area contributed by atoms with Crippen molar-refractivity contribution in [2.24, 2.45) is 0 Å². The van der Waals surface area contributed by atoms with Crippen molar-refractivity contribution in [3.05, 3.63) is 90.8 Å². The Morgan fingerprint density at radius 3 is 2.61 bits per heavy atom. The molecule has 0 bridgehead atoms. The summed E-state index contributed by atoms with van der Waals surface area (Å²) in [4.78, 5) is 17.1. The highest BCUT2D eigenvalue weighted by molar-refractivity contribution is 8.00.